The minimum Gasteiger partial charge on any atom is -0.481 e. The Morgan fingerprint density at radius 1 is 1.42 bits per heavy atom. The van der Waals surface area contributed by atoms with Crippen molar-refractivity contribution in [1.82, 2.24) is 9.47 Å². The lowest BCUT2D eigenvalue weighted by molar-refractivity contribution is -0.142. The fourth-order valence-electron chi connectivity index (χ4n) is 2.20. The van der Waals surface area contributed by atoms with Gasteiger partial charge in [-0.05, 0) is 6.07 Å². The molecular formula is C13H18N2O4. The third-order valence-corrected chi connectivity index (χ3v) is 3.18. The molecule has 0 saturated carbocycles. The van der Waals surface area contributed by atoms with Crippen molar-refractivity contribution >= 4 is 5.97 Å². The van der Waals surface area contributed by atoms with Crippen LogP contribution in [0.3, 0.4) is 0 Å². The second-order valence-corrected chi connectivity index (χ2v) is 4.62. The first-order chi connectivity index (χ1) is 9.15. The van der Waals surface area contributed by atoms with Gasteiger partial charge in [0.15, 0.2) is 0 Å². The van der Waals surface area contributed by atoms with Crippen molar-refractivity contribution in [2.75, 3.05) is 26.2 Å². The summed E-state index contributed by atoms with van der Waals surface area (Å²) < 4.78 is 7.06. The van der Waals surface area contributed by atoms with Crippen LogP contribution in [0.4, 0.5) is 0 Å². The minimum atomic E-state index is -0.842. The van der Waals surface area contributed by atoms with Crippen molar-refractivity contribution in [3.63, 3.8) is 0 Å². The van der Waals surface area contributed by atoms with E-state index in [1.807, 2.05) is 6.07 Å². The average molecular weight is 266 g/mol. The van der Waals surface area contributed by atoms with Crippen molar-refractivity contribution in [2.45, 2.75) is 19.1 Å². The Bertz CT molecular complexity index is 486. The largest absolute Gasteiger partial charge is 0.481 e. The molecule has 1 aliphatic heterocycles. The molecule has 6 heteroatoms. The molecular weight excluding hydrogens is 248 g/mol. The first-order valence-corrected chi connectivity index (χ1v) is 6.36. The summed E-state index contributed by atoms with van der Waals surface area (Å²) in [4.78, 5) is 24.3. The zero-order chi connectivity index (χ0) is 13.7. The van der Waals surface area contributed by atoms with E-state index in [1.54, 1.807) is 16.8 Å². The number of ether oxygens (including phenoxy) is 1. The molecule has 1 aromatic heterocycles. The summed E-state index contributed by atoms with van der Waals surface area (Å²) in [7, 11) is 0. The van der Waals surface area contributed by atoms with E-state index in [0.29, 0.717) is 19.7 Å². The highest BCUT2D eigenvalue weighted by atomic mass is 16.5. The average Bonchev–Trinajstić information content (AvgIpc) is 2.37. The number of hydrogen-bond acceptors (Lipinski definition) is 4. The van der Waals surface area contributed by atoms with E-state index in [2.05, 4.69) is 4.90 Å². The van der Waals surface area contributed by atoms with Gasteiger partial charge in [-0.1, -0.05) is 6.07 Å². The number of aliphatic carboxylic acids is 1. The van der Waals surface area contributed by atoms with Gasteiger partial charge in [-0.2, -0.15) is 0 Å². The summed E-state index contributed by atoms with van der Waals surface area (Å²) in [6, 6.07) is 5.08. The summed E-state index contributed by atoms with van der Waals surface area (Å²) in [6.07, 6.45) is 1.54. The maximum Gasteiger partial charge on any atom is 0.306 e. The number of nitrogens with zero attached hydrogens (tertiary/aromatic N) is 2. The van der Waals surface area contributed by atoms with Crippen LogP contribution in [0.1, 0.15) is 6.42 Å². The van der Waals surface area contributed by atoms with Gasteiger partial charge in [0.25, 0.3) is 5.56 Å². The maximum atomic E-state index is 11.5. The van der Waals surface area contributed by atoms with Crippen LogP contribution in [0.5, 0.6) is 0 Å². The Kier molecular flexibility index (Phi) is 4.70. The molecule has 1 fully saturated rings. The minimum absolute atomic E-state index is 0.0159. The Morgan fingerprint density at radius 3 is 3.00 bits per heavy atom. The number of pyridine rings is 1. The van der Waals surface area contributed by atoms with Crippen molar-refractivity contribution in [3.05, 3.63) is 34.7 Å². The fourth-order valence-corrected chi connectivity index (χ4v) is 2.20. The summed E-state index contributed by atoms with van der Waals surface area (Å²) in [6.45, 7) is 3.26. The lowest BCUT2D eigenvalue weighted by atomic mass is 10.2. The number of hydrogen-bond donors (Lipinski definition) is 1. The smallest absolute Gasteiger partial charge is 0.306 e. The van der Waals surface area contributed by atoms with Crippen LogP contribution >= 0.6 is 0 Å². The molecule has 0 aliphatic carbocycles. The molecule has 0 bridgehead atoms. The van der Waals surface area contributed by atoms with Crippen LogP contribution in [-0.4, -0.2) is 52.9 Å². The molecule has 1 aliphatic rings. The number of carbonyl (C=O) groups is 1. The first-order valence-electron chi connectivity index (χ1n) is 6.36. The third-order valence-electron chi connectivity index (χ3n) is 3.18. The van der Waals surface area contributed by atoms with Gasteiger partial charge in [0, 0.05) is 38.4 Å². The number of rotatable bonds is 5. The molecule has 0 radical (unpaired) electrons. The molecule has 19 heavy (non-hydrogen) atoms. The van der Waals surface area contributed by atoms with Crippen LogP contribution in [0.15, 0.2) is 29.2 Å². The van der Waals surface area contributed by atoms with E-state index in [1.165, 1.54) is 6.07 Å². The number of morpholine rings is 1. The Morgan fingerprint density at radius 2 is 2.26 bits per heavy atom. The molecule has 2 heterocycles. The van der Waals surface area contributed by atoms with Crippen LogP contribution in [0.25, 0.3) is 0 Å². The van der Waals surface area contributed by atoms with Crippen molar-refractivity contribution < 1.29 is 14.6 Å². The summed E-state index contributed by atoms with van der Waals surface area (Å²) in [5.41, 5.74) is -0.0159. The lowest BCUT2D eigenvalue weighted by Crippen LogP contribution is -2.44. The third kappa shape index (κ3) is 4.18. The van der Waals surface area contributed by atoms with E-state index in [0.717, 1.165) is 13.1 Å². The van der Waals surface area contributed by atoms with Crippen molar-refractivity contribution in [3.8, 4) is 0 Å². The summed E-state index contributed by atoms with van der Waals surface area (Å²) >= 11 is 0. The quantitative estimate of drug-likeness (QED) is 0.813. The van der Waals surface area contributed by atoms with Gasteiger partial charge in [-0.3, -0.25) is 14.5 Å². The van der Waals surface area contributed by atoms with Gasteiger partial charge < -0.3 is 14.4 Å². The Balaban J connectivity index is 1.84. The molecule has 0 amide bonds. The van der Waals surface area contributed by atoms with E-state index in [4.69, 9.17) is 9.84 Å². The molecule has 1 aromatic rings. The molecule has 2 rings (SSSR count). The van der Waals surface area contributed by atoms with Crippen LogP contribution in [0.2, 0.25) is 0 Å². The van der Waals surface area contributed by atoms with Gasteiger partial charge in [0.2, 0.25) is 0 Å². The molecule has 0 aromatic carbocycles. The molecule has 0 spiro atoms. The lowest BCUT2D eigenvalue weighted by Gasteiger charge is -2.32. The van der Waals surface area contributed by atoms with Gasteiger partial charge in [-0.25, -0.2) is 0 Å². The maximum absolute atomic E-state index is 11.5. The number of aromatic nitrogens is 1. The normalized spacial score (nSPS) is 20.3. The number of carboxylic acid groups (broad SMARTS) is 1. The highest BCUT2D eigenvalue weighted by Gasteiger charge is 2.22. The Labute approximate surface area is 111 Å². The molecule has 1 atom stereocenters. The monoisotopic (exact) mass is 266 g/mol. The SMILES string of the molecule is O=C(O)CC1CN(CCn2ccccc2=O)CCO1. The predicted octanol–water partition coefficient (Wildman–Crippen LogP) is 0.0238. The van der Waals surface area contributed by atoms with E-state index < -0.39 is 5.97 Å². The van der Waals surface area contributed by atoms with Gasteiger partial charge in [-0.15, -0.1) is 0 Å². The fraction of sp³-hybridized carbons (Fsp3) is 0.538. The highest BCUT2D eigenvalue weighted by Crippen LogP contribution is 2.08. The summed E-state index contributed by atoms with van der Waals surface area (Å²) in [5.74, 6) is -0.842. The first kappa shape index (κ1) is 13.8. The van der Waals surface area contributed by atoms with Crippen LogP contribution < -0.4 is 5.56 Å². The second-order valence-electron chi connectivity index (χ2n) is 4.62. The van der Waals surface area contributed by atoms with Crippen LogP contribution in [-0.2, 0) is 16.1 Å². The van der Waals surface area contributed by atoms with Crippen molar-refractivity contribution in [2.24, 2.45) is 0 Å². The molecule has 1 N–H and O–H groups in total. The standard InChI is InChI=1S/C13H18N2O4/c16-12-3-1-2-4-15(12)6-5-14-7-8-19-11(10-14)9-13(17)18/h1-4,11H,5-10H2,(H,17,18). The number of carboxylic acids is 1. The highest BCUT2D eigenvalue weighted by molar-refractivity contribution is 5.67. The topological polar surface area (TPSA) is 71.8 Å². The van der Waals surface area contributed by atoms with E-state index in [9.17, 15) is 9.59 Å². The van der Waals surface area contributed by atoms with E-state index in [-0.39, 0.29) is 18.1 Å². The van der Waals surface area contributed by atoms with Crippen LogP contribution in [0, 0.1) is 0 Å². The van der Waals surface area contributed by atoms with Gasteiger partial charge >= 0.3 is 5.97 Å². The second kappa shape index (κ2) is 6.49. The van der Waals surface area contributed by atoms with Crippen molar-refractivity contribution in [1.29, 1.82) is 0 Å². The van der Waals surface area contributed by atoms with Gasteiger partial charge in [0.05, 0.1) is 19.1 Å². The van der Waals surface area contributed by atoms with E-state index >= 15 is 0 Å². The predicted molar refractivity (Wildman–Crippen MR) is 69.1 cm³/mol. The van der Waals surface area contributed by atoms with Gasteiger partial charge in [0.1, 0.15) is 0 Å². The molecule has 1 unspecified atom stereocenters. The molecule has 1 saturated heterocycles. The zero-order valence-corrected chi connectivity index (χ0v) is 10.7. The molecule has 104 valence electrons. The molecule has 6 nitrogen and oxygen atoms in total. The Hall–Kier alpha value is -1.66. The zero-order valence-electron chi connectivity index (χ0n) is 10.7. The summed E-state index contributed by atoms with van der Waals surface area (Å²) in [5, 5.41) is 8.75.